The second kappa shape index (κ2) is 16.7. The van der Waals surface area contributed by atoms with Crippen LogP contribution in [0.15, 0.2) is 0 Å². The summed E-state index contributed by atoms with van der Waals surface area (Å²) in [4.78, 5) is 10.9. The van der Waals surface area contributed by atoms with Gasteiger partial charge in [0.1, 0.15) is 0 Å². The number of aliphatic hydroxyl groups excluding tert-OH is 1. The molecule has 0 aromatic rings. The first-order valence-electron chi connectivity index (χ1n) is 5.06. The van der Waals surface area contributed by atoms with Gasteiger partial charge in [-0.05, 0) is 0 Å². The maximum atomic E-state index is 9.43. The fourth-order valence-electron chi connectivity index (χ4n) is 0.529. The average molecular weight is 237 g/mol. The Morgan fingerprint density at radius 2 is 1.50 bits per heavy atom. The lowest BCUT2D eigenvalue weighted by molar-refractivity contribution is -0.115. The monoisotopic (exact) mass is 237 g/mol. The Morgan fingerprint density at radius 1 is 1.06 bits per heavy atom. The van der Waals surface area contributed by atoms with E-state index in [4.69, 9.17) is 19.3 Å². The van der Waals surface area contributed by atoms with Crippen LogP contribution in [0.25, 0.3) is 0 Å². The molecule has 0 spiro atoms. The number of carbonyl (C=O) groups is 1. The Labute approximate surface area is 97.1 Å². The van der Waals surface area contributed by atoms with E-state index in [-0.39, 0.29) is 6.61 Å². The van der Waals surface area contributed by atoms with Crippen molar-refractivity contribution in [2.45, 2.75) is 0 Å². The fourth-order valence-corrected chi connectivity index (χ4v) is 0.529. The Hall–Kier alpha value is -0.690. The van der Waals surface area contributed by atoms with Crippen LogP contribution in [-0.4, -0.2) is 77.3 Å². The molecule has 16 heavy (non-hydrogen) atoms. The molecule has 0 rings (SSSR count). The van der Waals surface area contributed by atoms with Gasteiger partial charge in [0.15, 0.2) is 0 Å². The van der Waals surface area contributed by atoms with Crippen LogP contribution < -0.4 is 0 Å². The third kappa shape index (κ3) is 23.3. The fraction of sp³-hybridized carbons (Fsp3) is 0.900. The summed E-state index contributed by atoms with van der Waals surface area (Å²) in [6.07, 6.45) is 0.750. The number of carbonyl (C=O) groups excluding carboxylic acids is 1. The van der Waals surface area contributed by atoms with E-state index in [9.17, 15) is 4.79 Å². The van der Waals surface area contributed by atoms with E-state index in [1.54, 1.807) is 21.2 Å². The maximum absolute atomic E-state index is 9.43. The molecular formula is C10H23NO5. The van der Waals surface area contributed by atoms with Crippen LogP contribution in [0.2, 0.25) is 0 Å². The molecule has 0 aliphatic heterocycles. The predicted molar refractivity (Wildman–Crippen MR) is 60.4 cm³/mol. The molecule has 0 radical (unpaired) electrons. The van der Waals surface area contributed by atoms with Gasteiger partial charge in [-0.1, -0.05) is 0 Å². The molecule has 0 bridgehead atoms. The summed E-state index contributed by atoms with van der Waals surface area (Å²) in [5.74, 6) is 0. The zero-order valence-corrected chi connectivity index (χ0v) is 10.3. The smallest absolute Gasteiger partial charge is 0.209 e. The third-order valence-electron chi connectivity index (χ3n) is 1.25. The van der Waals surface area contributed by atoms with Crippen LogP contribution >= 0.6 is 0 Å². The van der Waals surface area contributed by atoms with Crippen molar-refractivity contribution >= 4 is 6.41 Å². The molecule has 0 aliphatic rings. The number of aliphatic hydroxyl groups is 1. The van der Waals surface area contributed by atoms with E-state index in [1.807, 2.05) is 0 Å². The van der Waals surface area contributed by atoms with Crippen molar-refractivity contribution in [1.29, 1.82) is 0 Å². The van der Waals surface area contributed by atoms with Crippen molar-refractivity contribution in [2.75, 3.05) is 60.8 Å². The average Bonchev–Trinajstić information content (AvgIpc) is 2.29. The first-order chi connectivity index (χ1) is 7.68. The van der Waals surface area contributed by atoms with Crippen LogP contribution in [0.4, 0.5) is 0 Å². The molecule has 0 saturated carbocycles. The van der Waals surface area contributed by atoms with Gasteiger partial charge in [-0.25, -0.2) is 0 Å². The van der Waals surface area contributed by atoms with Gasteiger partial charge in [0.2, 0.25) is 6.41 Å². The van der Waals surface area contributed by atoms with E-state index in [2.05, 4.69) is 0 Å². The number of hydrogen-bond acceptors (Lipinski definition) is 5. The molecule has 0 heterocycles. The van der Waals surface area contributed by atoms with Gasteiger partial charge in [-0.2, -0.15) is 0 Å². The number of ether oxygens (including phenoxy) is 3. The predicted octanol–water partition coefficient (Wildman–Crippen LogP) is -0.637. The molecular weight excluding hydrogens is 214 g/mol. The lowest BCUT2D eigenvalue weighted by Gasteiger charge is -2.03. The lowest BCUT2D eigenvalue weighted by Crippen LogP contribution is -2.09. The van der Waals surface area contributed by atoms with Crippen LogP contribution in [0.3, 0.4) is 0 Å². The highest BCUT2D eigenvalue weighted by molar-refractivity contribution is 5.45. The molecule has 0 atom stereocenters. The molecule has 0 aromatic carbocycles. The summed E-state index contributed by atoms with van der Waals surface area (Å²) in [7, 11) is 5.01. The Balaban J connectivity index is 0. The van der Waals surface area contributed by atoms with Gasteiger partial charge >= 0.3 is 0 Å². The highest BCUT2D eigenvalue weighted by atomic mass is 16.5. The molecule has 0 saturated heterocycles. The summed E-state index contributed by atoms with van der Waals surface area (Å²) in [5, 5.41) is 8.32. The molecule has 1 amide bonds. The van der Waals surface area contributed by atoms with Crippen LogP contribution in [0.1, 0.15) is 0 Å². The minimum atomic E-state index is 0.0675. The quantitative estimate of drug-likeness (QED) is 0.427. The molecule has 6 heteroatoms. The zero-order chi connectivity index (χ0) is 12.6. The van der Waals surface area contributed by atoms with Gasteiger partial charge in [0, 0.05) is 21.2 Å². The summed E-state index contributed by atoms with van der Waals surface area (Å²) in [6, 6.07) is 0. The summed E-state index contributed by atoms with van der Waals surface area (Å²) in [5.41, 5.74) is 0. The van der Waals surface area contributed by atoms with Crippen molar-refractivity contribution in [3.05, 3.63) is 0 Å². The molecule has 0 unspecified atom stereocenters. The Bertz CT molecular complexity index is 124. The van der Waals surface area contributed by atoms with E-state index in [0.29, 0.717) is 33.0 Å². The van der Waals surface area contributed by atoms with E-state index >= 15 is 0 Å². The first-order valence-corrected chi connectivity index (χ1v) is 5.06. The number of amides is 1. The second-order valence-corrected chi connectivity index (χ2v) is 3.01. The normalized spacial score (nSPS) is 9.25. The molecule has 1 N–H and O–H groups in total. The molecule has 98 valence electrons. The topological polar surface area (TPSA) is 68.2 Å². The van der Waals surface area contributed by atoms with E-state index < -0.39 is 0 Å². The van der Waals surface area contributed by atoms with Gasteiger partial charge < -0.3 is 24.2 Å². The van der Waals surface area contributed by atoms with Crippen LogP contribution in [0, 0.1) is 0 Å². The van der Waals surface area contributed by atoms with Crippen molar-refractivity contribution in [2.24, 2.45) is 0 Å². The number of hydrogen-bond donors (Lipinski definition) is 1. The number of methoxy groups -OCH3 is 1. The summed E-state index contributed by atoms with van der Waals surface area (Å²) in [6.45, 7) is 2.75. The highest BCUT2D eigenvalue weighted by Crippen LogP contribution is 1.78. The van der Waals surface area contributed by atoms with Gasteiger partial charge in [-0.15, -0.1) is 0 Å². The van der Waals surface area contributed by atoms with Crippen molar-refractivity contribution < 1.29 is 24.1 Å². The largest absolute Gasteiger partial charge is 0.394 e. The SMILES string of the molecule is CN(C)C=O.COCCOCCOCCO. The first kappa shape index (κ1) is 17.7. The van der Waals surface area contributed by atoms with Crippen molar-refractivity contribution in [1.82, 2.24) is 4.90 Å². The minimum Gasteiger partial charge on any atom is -0.394 e. The molecule has 0 aliphatic carbocycles. The number of rotatable bonds is 9. The lowest BCUT2D eigenvalue weighted by atomic mass is 10.7. The van der Waals surface area contributed by atoms with Gasteiger partial charge in [0.05, 0.1) is 39.6 Å². The second-order valence-electron chi connectivity index (χ2n) is 3.01. The van der Waals surface area contributed by atoms with E-state index in [1.165, 1.54) is 4.90 Å². The molecule has 0 aromatic heterocycles. The standard InChI is InChI=1S/C7H16O4.C3H7NO/c1-9-4-5-11-7-6-10-3-2-8;1-4(2)3-5/h8H,2-7H2,1H3;3H,1-2H3. The third-order valence-corrected chi connectivity index (χ3v) is 1.25. The maximum Gasteiger partial charge on any atom is 0.209 e. The summed E-state index contributed by atoms with van der Waals surface area (Å²) >= 11 is 0. The van der Waals surface area contributed by atoms with Crippen molar-refractivity contribution in [3.63, 3.8) is 0 Å². The number of nitrogens with zero attached hydrogens (tertiary/aromatic N) is 1. The van der Waals surface area contributed by atoms with Crippen LogP contribution in [0.5, 0.6) is 0 Å². The summed E-state index contributed by atoms with van der Waals surface area (Å²) < 4.78 is 14.8. The molecule has 6 nitrogen and oxygen atoms in total. The van der Waals surface area contributed by atoms with E-state index in [0.717, 1.165) is 6.41 Å². The van der Waals surface area contributed by atoms with Gasteiger partial charge in [0.25, 0.3) is 0 Å². The minimum absolute atomic E-state index is 0.0675. The Morgan fingerprint density at radius 3 is 1.88 bits per heavy atom. The van der Waals surface area contributed by atoms with Gasteiger partial charge in [-0.3, -0.25) is 4.79 Å². The van der Waals surface area contributed by atoms with Crippen molar-refractivity contribution in [3.8, 4) is 0 Å². The zero-order valence-electron chi connectivity index (χ0n) is 10.3. The van der Waals surface area contributed by atoms with Crippen LogP contribution in [-0.2, 0) is 19.0 Å². The molecule has 0 fully saturated rings. The Kier molecular flexibility index (Phi) is 18.5. The highest BCUT2D eigenvalue weighted by Gasteiger charge is 1.87.